The van der Waals surface area contributed by atoms with Crippen LogP contribution >= 0.6 is 23.2 Å². The molecule has 0 aromatic heterocycles. The molecule has 6 heteroatoms. The fourth-order valence-corrected chi connectivity index (χ4v) is 3.85. The summed E-state index contributed by atoms with van der Waals surface area (Å²) in [6.45, 7) is 5.90. The van der Waals surface area contributed by atoms with Crippen molar-refractivity contribution in [2.75, 3.05) is 0 Å². The van der Waals surface area contributed by atoms with E-state index in [4.69, 9.17) is 23.2 Å². The largest absolute Gasteiger partial charge is 0.508 e. The van der Waals surface area contributed by atoms with Crippen LogP contribution in [-0.2, 0) is 0 Å². The summed E-state index contributed by atoms with van der Waals surface area (Å²) in [5.41, 5.74) is 1.27. The normalized spacial score (nSPS) is 13.5. The van der Waals surface area contributed by atoms with Crippen LogP contribution in [0, 0.1) is 6.92 Å². The molecular weight excluding hydrogens is 432 g/mol. The first-order valence-electron chi connectivity index (χ1n) is 9.11. The Morgan fingerprint density at radius 2 is 1.63 bits per heavy atom. The molecule has 3 aromatic rings. The summed E-state index contributed by atoms with van der Waals surface area (Å²) in [4.78, 5) is 0. The quantitative estimate of drug-likeness (QED) is 0.385. The lowest BCUT2D eigenvalue weighted by molar-refractivity contribution is 0.00668. The molecule has 3 aromatic carbocycles. The highest BCUT2D eigenvalue weighted by Gasteiger charge is 2.35. The minimum absolute atomic E-state index is 0.131. The topological polar surface area (TPSA) is 20.2 Å². The van der Waals surface area contributed by atoms with Crippen molar-refractivity contribution in [2.24, 2.45) is 0 Å². The Labute approximate surface area is 183 Å². The van der Waals surface area contributed by atoms with Crippen LogP contribution in [0.5, 0.6) is 0 Å². The van der Waals surface area contributed by atoms with Crippen molar-refractivity contribution in [2.45, 2.75) is 25.7 Å². The number of alkyl halides is 2. The molecule has 0 heterocycles. The average molecular weight is 451 g/mol. The second kappa shape index (κ2) is 8.37. The van der Waals surface area contributed by atoms with Crippen molar-refractivity contribution >= 4 is 45.6 Å². The molecule has 30 heavy (non-hydrogen) atoms. The highest BCUT2D eigenvalue weighted by molar-refractivity contribution is 6.42. The Bertz CT molecular complexity index is 1140. The van der Waals surface area contributed by atoms with E-state index < -0.39 is 17.7 Å². The molecule has 1 N–H and O–H groups in total. The standard InChI is InChI=1S/C24H19Cl2F3O/c1-13-10-15(11-21(25)23(13)26)20(24(3,28)29)12-22(27)19-9-8-16(14(2)30)17-6-4-5-7-18(17)19/h4-12,20,30H,2H2,1,3H3/b22-12-. The zero-order chi connectivity index (χ0) is 22.2. The maximum absolute atomic E-state index is 15.3. The second-order valence-electron chi connectivity index (χ2n) is 7.24. The van der Waals surface area contributed by atoms with E-state index in [1.807, 2.05) is 0 Å². The molecule has 1 unspecified atom stereocenters. The van der Waals surface area contributed by atoms with Crippen molar-refractivity contribution in [3.63, 3.8) is 0 Å². The Morgan fingerprint density at radius 3 is 2.17 bits per heavy atom. The SMILES string of the molecule is C=C(O)c1ccc(/C(F)=C/C(c2cc(C)c(Cl)c(Cl)c2)C(C)(F)F)c2ccccc12. The third-order valence-corrected chi connectivity index (χ3v) is 5.84. The molecule has 156 valence electrons. The van der Waals surface area contributed by atoms with Crippen molar-refractivity contribution < 1.29 is 18.3 Å². The molecule has 0 aliphatic rings. The van der Waals surface area contributed by atoms with Gasteiger partial charge in [-0.25, -0.2) is 13.2 Å². The van der Waals surface area contributed by atoms with Gasteiger partial charge in [-0.2, -0.15) is 0 Å². The number of halogens is 5. The van der Waals surface area contributed by atoms with Gasteiger partial charge in [0.1, 0.15) is 11.6 Å². The predicted octanol–water partition coefficient (Wildman–Crippen LogP) is 8.73. The highest BCUT2D eigenvalue weighted by atomic mass is 35.5. The minimum atomic E-state index is -3.25. The first kappa shape index (κ1) is 22.3. The molecule has 1 atom stereocenters. The maximum atomic E-state index is 15.3. The Kier molecular flexibility index (Phi) is 6.21. The van der Waals surface area contributed by atoms with Crippen LogP contribution in [0.25, 0.3) is 22.4 Å². The van der Waals surface area contributed by atoms with Crippen molar-refractivity contribution in [1.29, 1.82) is 0 Å². The molecule has 0 aliphatic heterocycles. The van der Waals surface area contributed by atoms with Crippen LogP contribution in [0.2, 0.25) is 10.0 Å². The Balaban J connectivity index is 2.19. The Hall–Kier alpha value is -2.43. The summed E-state index contributed by atoms with van der Waals surface area (Å²) in [6.07, 6.45) is 0.897. The van der Waals surface area contributed by atoms with Crippen LogP contribution in [0.15, 0.2) is 61.2 Å². The maximum Gasteiger partial charge on any atom is 0.255 e. The fraction of sp³-hybridized carbons (Fsp3) is 0.167. The van der Waals surface area contributed by atoms with E-state index in [9.17, 15) is 13.9 Å². The molecule has 0 bridgehead atoms. The third-order valence-electron chi connectivity index (χ3n) is 4.94. The number of allylic oxidation sites excluding steroid dienone is 1. The number of hydrogen-bond donors (Lipinski definition) is 1. The smallest absolute Gasteiger partial charge is 0.255 e. The van der Waals surface area contributed by atoms with Gasteiger partial charge in [-0.15, -0.1) is 0 Å². The van der Waals surface area contributed by atoms with E-state index in [0.29, 0.717) is 21.9 Å². The predicted molar refractivity (Wildman–Crippen MR) is 119 cm³/mol. The van der Waals surface area contributed by atoms with Crippen LogP contribution in [0.3, 0.4) is 0 Å². The van der Waals surface area contributed by atoms with Crippen molar-refractivity contribution in [1.82, 2.24) is 0 Å². The summed E-state index contributed by atoms with van der Waals surface area (Å²) >= 11 is 12.1. The van der Waals surface area contributed by atoms with E-state index in [1.165, 1.54) is 24.3 Å². The molecule has 0 saturated carbocycles. The summed E-state index contributed by atoms with van der Waals surface area (Å²) in [6, 6.07) is 12.6. The highest BCUT2D eigenvalue weighted by Crippen LogP contribution is 2.41. The second-order valence-corrected chi connectivity index (χ2v) is 8.02. The van der Waals surface area contributed by atoms with E-state index in [0.717, 1.165) is 13.0 Å². The molecule has 0 amide bonds. The van der Waals surface area contributed by atoms with Crippen LogP contribution in [-0.4, -0.2) is 11.0 Å². The van der Waals surface area contributed by atoms with Crippen molar-refractivity contribution in [3.05, 3.63) is 93.5 Å². The van der Waals surface area contributed by atoms with Gasteiger partial charge in [0.2, 0.25) is 0 Å². The van der Waals surface area contributed by atoms with Crippen LogP contribution in [0.1, 0.15) is 35.1 Å². The summed E-state index contributed by atoms with van der Waals surface area (Å²) in [5, 5.41) is 11.2. The number of rotatable bonds is 5. The molecule has 0 fully saturated rings. The Morgan fingerprint density at radius 1 is 1.07 bits per heavy atom. The van der Waals surface area contributed by atoms with Gasteiger partial charge in [0.15, 0.2) is 0 Å². The number of benzene rings is 3. The van der Waals surface area contributed by atoms with E-state index in [-0.39, 0.29) is 26.9 Å². The van der Waals surface area contributed by atoms with Gasteiger partial charge in [-0.05, 0) is 47.0 Å². The van der Waals surface area contributed by atoms with Gasteiger partial charge in [-0.3, -0.25) is 0 Å². The van der Waals surface area contributed by atoms with E-state index in [2.05, 4.69) is 6.58 Å². The van der Waals surface area contributed by atoms with Crippen molar-refractivity contribution in [3.8, 4) is 0 Å². The van der Waals surface area contributed by atoms with Gasteiger partial charge in [0.05, 0.1) is 16.0 Å². The number of fused-ring (bicyclic) bond motifs is 1. The van der Waals surface area contributed by atoms with E-state index >= 15 is 4.39 Å². The zero-order valence-electron chi connectivity index (χ0n) is 16.3. The summed E-state index contributed by atoms with van der Waals surface area (Å²) < 4.78 is 44.3. The third kappa shape index (κ3) is 4.35. The molecule has 0 radical (unpaired) electrons. The lowest BCUT2D eigenvalue weighted by Crippen LogP contribution is -2.21. The number of aliphatic hydroxyl groups is 1. The molecule has 1 nitrogen and oxygen atoms in total. The summed E-state index contributed by atoms with van der Waals surface area (Å²) in [5.74, 6) is -5.78. The van der Waals surface area contributed by atoms with Gasteiger partial charge in [-0.1, -0.05) is 66.2 Å². The molecule has 0 aliphatic carbocycles. The number of hydrogen-bond acceptors (Lipinski definition) is 1. The summed E-state index contributed by atoms with van der Waals surface area (Å²) in [7, 11) is 0. The average Bonchev–Trinajstić information content (AvgIpc) is 2.67. The zero-order valence-corrected chi connectivity index (χ0v) is 17.8. The number of aryl methyl sites for hydroxylation is 1. The number of aliphatic hydroxyl groups excluding tert-OH is 1. The first-order chi connectivity index (χ1) is 14.0. The first-order valence-corrected chi connectivity index (χ1v) is 9.87. The monoisotopic (exact) mass is 450 g/mol. The van der Waals surface area contributed by atoms with Gasteiger partial charge < -0.3 is 5.11 Å². The molecular formula is C24H19Cl2F3O. The lowest BCUT2D eigenvalue weighted by Gasteiger charge is -2.22. The fourth-order valence-electron chi connectivity index (χ4n) is 3.46. The molecule has 0 spiro atoms. The van der Waals surface area contributed by atoms with E-state index in [1.54, 1.807) is 31.2 Å². The lowest BCUT2D eigenvalue weighted by atomic mass is 9.90. The molecule has 3 rings (SSSR count). The van der Waals surface area contributed by atoms with Crippen LogP contribution in [0.4, 0.5) is 13.2 Å². The van der Waals surface area contributed by atoms with Gasteiger partial charge in [0, 0.05) is 18.1 Å². The molecule has 0 saturated heterocycles. The van der Waals surface area contributed by atoms with Crippen LogP contribution < -0.4 is 0 Å². The van der Waals surface area contributed by atoms with Gasteiger partial charge >= 0.3 is 0 Å². The minimum Gasteiger partial charge on any atom is -0.508 e. The van der Waals surface area contributed by atoms with Gasteiger partial charge in [0.25, 0.3) is 5.92 Å².